The third-order valence-electron chi connectivity index (χ3n) is 5.78. The molecule has 6 nitrogen and oxygen atoms in total. The lowest BCUT2D eigenvalue weighted by atomic mass is 9.98. The Morgan fingerprint density at radius 3 is 2.36 bits per heavy atom. The monoisotopic (exact) mass is 443 g/mol. The van der Waals surface area contributed by atoms with Crippen LogP contribution >= 0.6 is 0 Å². The van der Waals surface area contributed by atoms with Crippen LogP contribution in [0.2, 0.25) is 0 Å². The van der Waals surface area contributed by atoms with E-state index in [1.54, 1.807) is 19.2 Å². The topological polar surface area (TPSA) is 54.4 Å². The average molecular weight is 444 g/mol. The van der Waals surface area contributed by atoms with Gasteiger partial charge in [0.25, 0.3) is 5.91 Å². The van der Waals surface area contributed by atoms with Crippen molar-refractivity contribution in [3.05, 3.63) is 95.6 Å². The van der Waals surface area contributed by atoms with Crippen molar-refractivity contribution >= 4 is 11.6 Å². The first-order valence-electron chi connectivity index (χ1n) is 11.0. The number of nitrogens with zero attached hydrogens (tertiary/aromatic N) is 3. The summed E-state index contributed by atoms with van der Waals surface area (Å²) in [4.78, 5) is 15.4. The van der Waals surface area contributed by atoms with Crippen molar-refractivity contribution in [1.82, 2.24) is 9.91 Å². The minimum atomic E-state index is -0.187. The lowest BCUT2D eigenvalue weighted by Crippen LogP contribution is -2.36. The van der Waals surface area contributed by atoms with E-state index >= 15 is 0 Å². The molecule has 1 aliphatic heterocycles. The minimum Gasteiger partial charge on any atom is -0.497 e. The molecular weight excluding hydrogens is 414 g/mol. The van der Waals surface area contributed by atoms with Gasteiger partial charge in [-0.1, -0.05) is 54.6 Å². The Labute approximate surface area is 195 Å². The van der Waals surface area contributed by atoms with E-state index in [4.69, 9.17) is 14.6 Å². The van der Waals surface area contributed by atoms with Crippen molar-refractivity contribution in [3.8, 4) is 11.5 Å². The van der Waals surface area contributed by atoms with Crippen LogP contribution in [0.4, 0.5) is 0 Å². The zero-order chi connectivity index (χ0) is 23.2. The van der Waals surface area contributed by atoms with E-state index in [0.717, 1.165) is 28.3 Å². The van der Waals surface area contributed by atoms with Crippen LogP contribution < -0.4 is 9.47 Å². The molecule has 0 saturated heterocycles. The SMILES string of the molecule is COc1ccc([C@H]2CC(c3ccccc3OC)=NN2C(=O)CN(C)Cc2ccccc2)cc1. The molecule has 0 saturated carbocycles. The number of carbonyl (C=O) groups excluding carboxylic acids is 1. The van der Waals surface area contributed by atoms with E-state index < -0.39 is 0 Å². The zero-order valence-corrected chi connectivity index (χ0v) is 19.3. The highest BCUT2D eigenvalue weighted by atomic mass is 16.5. The first kappa shape index (κ1) is 22.6. The quantitative estimate of drug-likeness (QED) is 0.514. The van der Waals surface area contributed by atoms with Gasteiger partial charge in [-0.05, 0) is 42.4 Å². The molecule has 3 aromatic carbocycles. The van der Waals surface area contributed by atoms with Crippen molar-refractivity contribution < 1.29 is 14.3 Å². The maximum atomic E-state index is 13.4. The molecule has 4 rings (SSSR count). The number of likely N-dealkylation sites (N-methyl/N-ethyl adjacent to an activating group) is 1. The first-order valence-corrected chi connectivity index (χ1v) is 11.0. The fourth-order valence-electron chi connectivity index (χ4n) is 4.13. The van der Waals surface area contributed by atoms with Gasteiger partial charge < -0.3 is 9.47 Å². The molecule has 170 valence electrons. The largest absolute Gasteiger partial charge is 0.497 e. The summed E-state index contributed by atoms with van der Waals surface area (Å²) >= 11 is 0. The van der Waals surface area contributed by atoms with Crippen molar-refractivity contribution in [1.29, 1.82) is 0 Å². The van der Waals surface area contributed by atoms with Gasteiger partial charge in [-0.3, -0.25) is 9.69 Å². The van der Waals surface area contributed by atoms with Gasteiger partial charge in [-0.15, -0.1) is 0 Å². The molecule has 1 aliphatic rings. The highest BCUT2D eigenvalue weighted by molar-refractivity contribution is 6.05. The Balaban J connectivity index is 1.59. The summed E-state index contributed by atoms with van der Waals surface area (Å²) < 4.78 is 10.9. The van der Waals surface area contributed by atoms with E-state index in [-0.39, 0.29) is 18.5 Å². The predicted molar refractivity (Wildman–Crippen MR) is 130 cm³/mol. The molecule has 0 spiro atoms. The highest BCUT2D eigenvalue weighted by Crippen LogP contribution is 2.35. The van der Waals surface area contributed by atoms with Crippen LogP contribution in [0.5, 0.6) is 11.5 Å². The Morgan fingerprint density at radius 2 is 1.67 bits per heavy atom. The summed E-state index contributed by atoms with van der Waals surface area (Å²) in [5.74, 6) is 1.49. The first-order chi connectivity index (χ1) is 16.1. The van der Waals surface area contributed by atoms with Gasteiger partial charge in [0.15, 0.2) is 0 Å². The number of hydrogen-bond donors (Lipinski definition) is 0. The van der Waals surface area contributed by atoms with Crippen molar-refractivity contribution in [2.75, 3.05) is 27.8 Å². The third kappa shape index (κ3) is 5.23. The van der Waals surface area contributed by atoms with Crippen molar-refractivity contribution in [2.24, 2.45) is 5.10 Å². The molecule has 0 N–H and O–H groups in total. The van der Waals surface area contributed by atoms with Gasteiger partial charge in [0, 0.05) is 18.5 Å². The van der Waals surface area contributed by atoms with Crippen LogP contribution in [-0.2, 0) is 11.3 Å². The van der Waals surface area contributed by atoms with Crippen LogP contribution in [0.25, 0.3) is 0 Å². The fourth-order valence-corrected chi connectivity index (χ4v) is 4.13. The van der Waals surface area contributed by atoms with Gasteiger partial charge in [0.1, 0.15) is 11.5 Å². The third-order valence-corrected chi connectivity index (χ3v) is 5.78. The fraction of sp³-hybridized carbons (Fsp3) is 0.259. The second-order valence-corrected chi connectivity index (χ2v) is 8.14. The zero-order valence-electron chi connectivity index (χ0n) is 19.3. The van der Waals surface area contributed by atoms with Gasteiger partial charge >= 0.3 is 0 Å². The Hall–Kier alpha value is -3.64. The molecule has 1 heterocycles. The second-order valence-electron chi connectivity index (χ2n) is 8.14. The number of amides is 1. The van der Waals surface area contributed by atoms with Crippen LogP contribution in [0.1, 0.15) is 29.2 Å². The van der Waals surface area contributed by atoms with E-state index in [9.17, 15) is 4.79 Å². The number of methoxy groups -OCH3 is 2. The molecule has 0 radical (unpaired) electrons. The van der Waals surface area contributed by atoms with Crippen LogP contribution in [0, 0.1) is 0 Å². The number of ether oxygens (including phenoxy) is 2. The van der Waals surface area contributed by atoms with Crippen LogP contribution in [0.15, 0.2) is 84.0 Å². The molecule has 1 atom stereocenters. The van der Waals surface area contributed by atoms with Gasteiger partial charge in [0.2, 0.25) is 0 Å². The van der Waals surface area contributed by atoms with E-state index in [2.05, 4.69) is 12.1 Å². The predicted octanol–water partition coefficient (Wildman–Crippen LogP) is 4.51. The molecule has 1 amide bonds. The summed E-state index contributed by atoms with van der Waals surface area (Å²) in [6, 6.07) is 25.6. The van der Waals surface area contributed by atoms with Gasteiger partial charge in [0.05, 0.1) is 32.5 Å². The molecule has 33 heavy (non-hydrogen) atoms. The number of rotatable bonds is 8. The van der Waals surface area contributed by atoms with Gasteiger partial charge in [-0.2, -0.15) is 5.10 Å². The minimum absolute atomic E-state index is 0.0425. The normalized spacial score (nSPS) is 15.5. The summed E-state index contributed by atoms with van der Waals surface area (Å²) in [7, 11) is 5.25. The molecular formula is C27H29N3O3. The lowest BCUT2D eigenvalue weighted by Gasteiger charge is -2.25. The molecule has 3 aromatic rings. The molecule has 0 fully saturated rings. The second kappa shape index (κ2) is 10.3. The number of hydrogen-bond acceptors (Lipinski definition) is 5. The Morgan fingerprint density at radius 1 is 0.970 bits per heavy atom. The van der Waals surface area contributed by atoms with Crippen molar-refractivity contribution in [2.45, 2.75) is 19.0 Å². The summed E-state index contributed by atoms with van der Waals surface area (Å²) in [6.45, 7) is 0.959. The summed E-state index contributed by atoms with van der Waals surface area (Å²) in [5.41, 5.74) is 3.93. The molecule has 0 bridgehead atoms. The smallest absolute Gasteiger partial charge is 0.257 e. The number of para-hydroxylation sites is 1. The van der Waals surface area contributed by atoms with E-state index in [1.165, 1.54) is 5.56 Å². The average Bonchev–Trinajstić information content (AvgIpc) is 3.30. The van der Waals surface area contributed by atoms with E-state index in [0.29, 0.717) is 13.0 Å². The number of hydrazone groups is 1. The van der Waals surface area contributed by atoms with Gasteiger partial charge in [-0.25, -0.2) is 5.01 Å². The van der Waals surface area contributed by atoms with Crippen LogP contribution in [0.3, 0.4) is 0 Å². The maximum absolute atomic E-state index is 13.4. The summed E-state index contributed by atoms with van der Waals surface area (Å²) in [5, 5.41) is 6.42. The Kier molecular flexibility index (Phi) is 7.05. The maximum Gasteiger partial charge on any atom is 0.257 e. The molecule has 6 heteroatoms. The lowest BCUT2D eigenvalue weighted by molar-refractivity contribution is -0.134. The number of benzene rings is 3. The Bertz CT molecular complexity index is 1110. The molecule has 0 unspecified atom stereocenters. The number of carbonyl (C=O) groups is 1. The van der Waals surface area contributed by atoms with Crippen molar-refractivity contribution in [3.63, 3.8) is 0 Å². The summed E-state index contributed by atoms with van der Waals surface area (Å²) in [6.07, 6.45) is 0.612. The standard InChI is InChI=1S/C27H29N3O3/c1-29(18-20-9-5-4-6-10-20)19-27(31)30-25(21-13-15-22(32-2)16-14-21)17-24(28-30)23-11-7-8-12-26(23)33-3/h4-16,25H,17-19H2,1-3H3/t25-/m1/s1. The van der Waals surface area contributed by atoms with E-state index in [1.807, 2.05) is 78.7 Å². The molecule has 0 aliphatic carbocycles. The highest BCUT2D eigenvalue weighted by Gasteiger charge is 2.34. The van der Waals surface area contributed by atoms with Crippen LogP contribution in [-0.4, -0.2) is 49.3 Å². The molecule has 0 aromatic heterocycles.